The van der Waals surface area contributed by atoms with Crippen molar-refractivity contribution in [2.45, 2.75) is 6.54 Å². The van der Waals surface area contributed by atoms with E-state index in [4.69, 9.17) is 5.73 Å². The molecule has 20 heavy (non-hydrogen) atoms. The first-order chi connectivity index (χ1) is 9.61. The highest BCUT2D eigenvalue weighted by molar-refractivity contribution is 5.81. The molecule has 0 unspecified atom stereocenters. The summed E-state index contributed by atoms with van der Waals surface area (Å²) in [6.45, 7) is 0.399. The molecule has 5 heteroatoms. The molecule has 2 aromatic carbocycles. The average Bonchev–Trinajstić information content (AvgIpc) is 2.75. The van der Waals surface area contributed by atoms with Gasteiger partial charge < -0.3 is 10.3 Å². The fourth-order valence-electron chi connectivity index (χ4n) is 2.31. The maximum atomic E-state index is 13.9. The lowest BCUT2D eigenvalue weighted by molar-refractivity contribution is 0.586. The highest BCUT2D eigenvalue weighted by Gasteiger charge is 2.17. The predicted octanol–water partition coefficient (Wildman–Crippen LogP) is 2.98. The number of imidazole rings is 1. The molecule has 0 aliphatic heterocycles. The highest BCUT2D eigenvalue weighted by atomic mass is 19.1. The molecule has 0 atom stereocenters. The quantitative estimate of drug-likeness (QED) is 0.780. The lowest BCUT2D eigenvalue weighted by Gasteiger charge is -2.05. The van der Waals surface area contributed by atoms with Crippen LogP contribution in [0.5, 0.6) is 0 Å². The van der Waals surface area contributed by atoms with Crippen molar-refractivity contribution in [1.29, 1.82) is 0 Å². The van der Waals surface area contributed by atoms with Gasteiger partial charge in [0.15, 0.2) is 0 Å². The minimum absolute atomic E-state index is 0.111. The second kappa shape index (κ2) is 4.68. The third-order valence-electron chi connectivity index (χ3n) is 3.37. The summed E-state index contributed by atoms with van der Waals surface area (Å²) in [4.78, 5) is 4.34. The van der Waals surface area contributed by atoms with Crippen LogP contribution in [0.3, 0.4) is 0 Å². The predicted molar refractivity (Wildman–Crippen MR) is 74.0 cm³/mol. The van der Waals surface area contributed by atoms with E-state index in [1.807, 2.05) is 18.2 Å². The number of nitrogens with two attached hydrogens (primary N) is 1. The van der Waals surface area contributed by atoms with Crippen molar-refractivity contribution < 1.29 is 8.78 Å². The number of hydrogen-bond acceptors (Lipinski definition) is 2. The number of nitrogens with zero attached hydrogens (tertiary/aromatic N) is 2. The van der Waals surface area contributed by atoms with Crippen LogP contribution in [0.15, 0.2) is 36.4 Å². The van der Waals surface area contributed by atoms with Gasteiger partial charge in [-0.3, -0.25) is 0 Å². The lowest BCUT2D eigenvalue weighted by atomic mass is 10.2. The van der Waals surface area contributed by atoms with E-state index in [1.54, 1.807) is 11.6 Å². The monoisotopic (exact) mass is 273 g/mol. The molecule has 0 aliphatic rings. The molecule has 3 aromatic rings. The van der Waals surface area contributed by atoms with Gasteiger partial charge in [-0.1, -0.05) is 12.1 Å². The number of rotatable bonds is 2. The van der Waals surface area contributed by atoms with Crippen LogP contribution in [0, 0.1) is 11.6 Å². The van der Waals surface area contributed by atoms with E-state index in [0.29, 0.717) is 12.1 Å². The fourth-order valence-corrected chi connectivity index (χ4v) is 2.31. The molecule has 0 fully saturated rings. The Bertz CT molecular complexity index is 773. The minimum Gasteiger partial charge on any atom is -0.327 e. The van der Waals surface area contributed by atoms with E-state index in [1.165, 1.54) is 18.2 Å². The Labute approximate surface area is 114 Å². The van der Waals surface area contributed by atoms with Crippen LogP contribution >= 0.6 is 0 Å². The van der Waals surface area contributed by atoms with Crippen molar-refractivity contribution in [3.05, 3.63) is 53.6 Å². The van der Waals surface area contributed by atoms with E-state index < -0.39 is 11.6 Å². The minimum atomic E-state index is -0.623. The van der Waals surface area contributed by atoms with Crippen LogP contribution in [-0.2, 0) is 13.6 Å². The first-order valence-electron chi connectivity index (χ1n) is 6.21. The summed E-state index contributed by atoms with van der Waals surface area (Å²) in [6, 6.07) is 9.35. The third kappa shape index (κ3) is 1.87. The zero-order valence-electron chi connectivity index (χ0n) is 10.9. The van der Waals surface area contributed by atoms with Crippen LogP contribution in [0.4, 0.5) is 8.78 Å². The van der Waals surface area contributed by atoms with Gasteiger partial charge in [-0.25, -0.2) is 13.8 Å². The van der Waals surface area contributed by atoms with Gasteiger partial charge in [-0.2, -0.15) is 0 Å². The van der Waals surface area contributed by atoms with Crippen molar-refractivity contribution in [3.8, 4) is 11.4 Å². The lowest BCUT2D eigenvalue weighted by Crippen LogP contribution is -1.98. The molecule has 0 amide bonds. The summed E-state index contributed by atoms with van der Waals surface area (Å²) in [5, 5.41) is 0. The van der Waals surface area contributed by atoms with Gasteiger partial charge in [0.25, 0.3) is 0 Å². The van der Waals surface area contributed by atoms with Crippen LogP contribution in [0.1, 0.15) is 5.56 Å². The van der Waals surface area contributed by atoms with Crippen LogP contribution in [-0.4, -0.2) is 9.55 Å². The Hall–Kier alpha value is -2.27. The number of hydrogen-bond donors (Lipinski definition) is 1. The molecule has 102 valence electrons. The third-order valence-corrected chi connectivity index (χ3v) is 3.37. The van der Waals surface area contributed by atoms with Crippen molar-refractivity contribution in [2.24, 2.45) is 12.8 Å². The molecule has 1 heterocycles. The van der Waals surface area contributed by atoms with E-state index in [9.17, 15) is 8.78 Å². The van der Waals surface area contributed by atoms with Crippen molar-refractivity contribution in [1.82, 2.24) is 9.55 Å². The van der Waals surface area contributed by atoms with Gasteiger partial charge in [0.1, 0.15) is 17.5 Å². The Morgan fingerprint density at radius 3 is 2.50 bits per heavy atom. The molecule has 3 rings (SSSR count). The first-order valence-corrected chi connectivity index (χ1v) is 6.21. The SMILES string of the molecule is Cn1c(-c2c(F)cccc2F)nc2cc(CN)ccc21. The number of fused-ring (bicyclic) bond motifs is 1. The van der Waals surface area contributed by atoms with Crippen LogP contribution in [0.25, 0.3) is 22.4 Å². The summed E-state index contributed by atoms with van der Waals surface area (Å²) in [5.74, 6) is -0.977. The number of halogens is 2. The summed E-state index contributed by atoms with van der Waals surface area (Å²) in [6.07, 6.45) is 0. The number of benzene rings is 2. The summed E-state index contributed by atoms with van der Waals surface area (Å²) < 4.78 is 29.4. The van der Waals surface area contributed by atoms with Gasteiger partial charge in [0, 0.05) is 13.6 Å². The largest absolute Gasteiger partial charge is 0.327 e. The summed E-state index contributed by atoms with van der Waals surface area (Å²) >= 11 is 0. The zero-order valence-corrected chi connectivity index (χ0v) is 10.9. The molecule has 0 radical (unpaired) electrons. The van der Waals surface area contributed by atoms with E-state index in [0.717, 1.165) is 11.1 Å². The van der Waals surface area contributed by atoms with E-state index in [2.05, 4.69) is 4.98 Å². The van der Waals surface area contributed by atoms with Gasteiger partial charge in [-0.05, 0) is 29.8 Å². The smallest absolute Gasteiger partial charge is 0.146 e. The molecular formula is C15H13F2N3. The Kier molecular flexibility index (Phi) is 2.99. The number of aryl methyl sites for hydroxylation is 1. The van der Waals surface area contributed by atoms with Crippen molar-refractivity contribution >= 4 is 11.0 Å². The maximum absolute atomic E-state index is 13.9. The first kappa shape index (κ1) is 12.7. The molecule has 0 saturated heterocycles. The van der Waals surface area contributed by atoms with Gasteiger partial charge >= 0.3 is 0 Å². The van der Waals surface area contributed by atoms with Crippen LogP contribution < -0.4 is 5.73 Å². The van der Waals surface area contributed by atoms with E-state index in [-0.39, 0.29) is 11.4 Å². The Morgan fingerprint density at radius 2 is 1.85 bits per heavy atom. The topological polar surface area (TPSA) is 43.8 Å². The molecule has 3 nitrogen and oxygen atoms in total. The summed E-state index contributed by atoms with van der Waals surface area (Å²) in [7, 11) is 1.73. The number of aromatic nitrogens is 2. The van der Waals surface area contributed by atoms with Crippen molar-refractivity contribution in [2.75, 3.05) is 0 Å². The zero-order chi connectivity index (χ0) is 14.3. The molecule has 1 aromatic heterocycles. The molecule has 0 aliphatic carbocycles. The van der Waals surface area contributed by atoms with Gasteiger partial charge in [-0.15, -0.1) is 0 Å². The van der Waals surface area contributed by atoms with Gasteiger partial charge in [0.2, 0.25) is 0 Å². The summed E-state index contributed by atoms with van der Waals surface area (Å²) in [5.41, 5.74) is 7.89. The second-order valence-corrected chi connectivity index (χ2v) is 4.62. The molecule has 0 saturated carbocycles. The molecule has 2 N–H and O–H groups in total. The maximum Gasteiger partial charge on any atom is 0.146 e. The second-order valence-electron chi connectivity index (χ2n) is 4.62. The van der Waals surface area contributed by atoms with E-state index >= 15 is 0 Å². The van der Waals surface area contributed by atoms with Crippen LogP contribution in [0.2, 0.25) is 0 Å². The Balaban J connectivity index is 2.29. The molecular weight excluding hydrogens is 260 g/mol. The average molecular weight is 273 g/mol. The Morgan fingerprint density at radius 1 is 1.15 bits per heavy atom. The fraction of sp³-hybridized carbons (Fsp3) is 0.133. The molecule has 0 spiro atoms. The van der Waals surface area contributed by atoms with Gasteiger partial charge in [0.05, 0.1) is 16.6 Å². The van der Waals surface area contributed by atoms with Crippen molar-refractivity contribution in [3.63, 3.8) is 0 Å². The standard InChI is InChI=1S/C15H13F2N3/c1-20-13-6-5-9(8-18)7-12(13)19-15(20)14-10(16)3-2-4-11(14)17/h2-7H,8,18H2,1H3. The molecule has 0 bridgehead atoms. The normalized spacial score (nSPS) is 11.2. The highest BCUT2D eigenvalue weighted by Crippen LogP contribution is 2.28.